The Morgan fingerprint density at radius 2 is 2.16 bits per heavy atom. The van der Waals surface area contributed by atoms with E-state index in [0.29, 0.717) is 18.1 Å². The van der Waals surface area contributed by atoms with Crippen LogP contribution in [0.15, 0.2) is 0 Å². The normalized spacial score (nSPS) is 11.4. The first-order chi connectivity index (χ1) is 8.70. The van der Waals surface area contributed by atoms with Gasteiger partial charge in [0.1, 0.15) is 5.69 Å². The number of hydrogen-bond acceptors (Lipinski definition) is 5. The van der Waals surface area contributed by atoms with Crippen molar-refractivity contribution in [2.45, 2.75) is 34.2 Å². The van der Waals surface area contributed by atoms with Crippen molar-refractivity contribution in [1.82, 2.24) is 9.78 Å². The van der Waals surface area contributed by atoms with Gasteiger partial charge in [0.2, 0.25) is 11.7 Å². The van der Waals surface area contributed by atoms with Gasteiger partial charge in [-0.1, -0.05) is 0 Å². The third-order valence-electron chi connectivity index (χ3n) is 2.94. The lowest BCUT2D eigenvalue weighted by Crippen LogP contribution is -2.37. The zero-order chi connectivity index (χ0) is 14.8. The Morgan fingerprint density at radius 3 is 2.58 bits per heavy atom. The van der Waals surface area contributed by atoms with Crippen LogP contribution in [-0.4, -0.2) is 27.2 Å². The van der Waals surface area contributed by atoms with Gasteiger partial charge in [0.15, 0.2) is 0 Å². The number of nitrogens with one attached hydrogen (secondary N) is 1. The molecule has 0 spiro atoms. The number of hydrogen-bond donors (Lipinski definition) is 2. The Hall–Kier alpha value is -2.12. The molecule has 0 saturated carbocycles. The zero-order valence-corrected chi connectivity index (χ0v) is 11.6. The summed E-state index contributed by atoms with van der Waals surface area (Å²) in [5.41, 5.74) is 4.74. The highest BCUT2D eigenvalue weighted by Crippen LogP contribution is 2.29. The fourth-order valence-electron chi connectivity index (χ4n) is 1.59. The first kappa shape index (κ1) is 14.9. The van der Waals surface area contributed by atoms with Crippen LogP contribution in [0.1, 0.15) is 26.5 Å². The van der Waals surface area contributed by atoms with Crippen molar-refractivity contribution >= 4 is 17.4 Å². The summed E-state index contributed by atoms with van der Waals surface area (Å²) in [4.78, 5) is 21.8. The highest BCUT2D eigenvalue weighted by molar-refractivity contribution is 5.80. The summed E-state index contributed by atoms with van der Waals surface area (Å²) in [5, 5.41) is 18.1. The third kappa shape index (κ3) is 3.01. The maximum Gasteiger partial charge on any atom is 0.333 e. The van der Waals surface area contributed by atoms with E-state index in [2.05, 4.69) is 10.4 Å². The molecular weight excluding hydrogens is 250 g/mol. The van der Waals surface area contributed by atoms with E-state index in [9.17, 15) is 14.9 Å². The molecule has 8 heteroatoms. The van der Waals surface area contributed by atoms with Crippen molar-refractivity contribution in [3.05, 3.63) is 15.8 Å². The first-order valence-electron chi connectivity index (χ1n) is 5.96. The number of aryl methyl sites for hydroxylation is 2. The fraction of sp³-hybridized carbons (Fsp3) is 0.636. The molecule has 1 aromatic heterocycles. The molecule has 8 nitrogen and oxygen atoms in total. The molecule has 1 rings (SSSR count). The highest BCUT2D eigenvalue weighted by atomic mass is 16.6. The van der Waals surface area contributed by atoms with Crippen molar-refractivity contribution in [2.24, 2.45) is 11.1 Å². The van der Waals surface area contributed by atoms with Gasteiger partial charge < -0.3 is 11.1 Å². The van der Waals surface area contributed by atoms with Gasteiger partial charge >= 0.3 is 5.69 Å². The monoisotopic (exact) mass is 269 g/mol. The molecule has 0 aliphatic rings. The van der Waals surface area contributed by atoms with Gasteiger partial charge in [0, 0.05) is 13.1 Å². The number of nitrogens with two attached hydrogens (primary N) is 1. The summed E-state index contributed by atoms with van der Waals surface area (Å²) in [6.45, 7) is 7.46. The van der Waals surface area contributed by atoms with E-state index >= 15 is 0 Å². The van der Waals surface area contributed by atoms with E-state index in [-0.39, 0.29) is 12.2 Å². The van der Waals surface area contributed by atoms with Crippen LogP contribution in [-0.2, 0) is 11.3 Å². The Labute approximate surface area is 111 Å². The lowest BCUT2D eigenvalue weighted by Gasteiger charge is -2.21. The van der Waals surface area contributed by atoms with Crippen molar-refractivity contribution in [1.29, 1.82) is 0 Å². The fourth-order valence-corrected chi connectivity index (χ4v) is 1.59. The molecule has 0 aliphatic carbocycles. The average Bonchev–Trinajstić information content (AvgIpc) is 2.62. The number of carbonyl (C=O) groups is 1. The second-order valence-corrected chi connectivity index (χ2v) is 4.96. The minimum absolute atomic E-state index is 0.0675. The van der Waals surface area contributed by atoms with E-state index in [4.69, 9.17) is 5.73 Å². The standard InChI is InChI=1S/C11H19N5O3/c1-5-15-9(8(16(18)19)7(2)14-15)13-6-11(3,4)10(12)17/h13H,5-6H2,1-4H3,(H2,12,17). The number of rotatable bonds is 6. The number of amides is 1. The topological polar surface area (TPSA) is 116 Å². The number of primary amides is 1. The number of aromatic nitrogens is 2. The van der Waals surface area contributed by atoms with Gasteiger partial charge in [-0.3, -0.25) is 14.9 Å². The Balaban J connectivity index is 3.06. The van der Waals surface area contributed by atoms with Crippen LogP contribution >= 0.6 is 0 Å². The van der Waals surface area contributed by atoms with Crippen LogP contribution in [0.3, 0.4) is 0 Å². The van der Waals surface area contributed by atoms with E-state index in [0.717, 1.165) is 0 Å². The van der Waals surface area contributed by atoms with Crippen LogP contribution in [0, 0.1) is 22.5 Å². The molecule has 0 unspecified atom stereocenters. The predicted octanol–water partition coefficient (Wildman–Crippen LogP) is 1.04. The van der Waals surface area contributed by atoms with E-state index in [1.165, 1.54) is 4.68 Å². The number of nitro groups is 1. The van der Waals surface area contributed by atoms with Crippen LogP contribution in [0.4, 0.5) is 11.5 Å². The molecule has 0 atom stereocenters. The summed E-state index contributed by atoms with van der Waals surface area (Å²) in [5.74, 6) is -0.165. The van der Waals surface area contributed by atoms with Crippen LogP contribution in [0.25, 0.3) is 0 Å². The second-order valence-electron chi connectivity index (χ2n) is 4.96. The Bertz CT molecular complexity index is 507. The molecule has 1 amide bonds. The van der Waals surface area contributed by atoms with E-state index in [1.54, 1.807) is 20.8 Å². The van der Waals surface area contributed by atoms with Crippen molar-refractivity contribution in [3.8, 4) is 0 Å². The largest absolute Gasteiger partial charge is 0.369 e. The third-order valence-corrected chi connectivity index (χ3v) is 2.94. The first-order valence-corrected chi connectivity index (χ1v) is 5.96. The van der Waals surface area contributed by atoms with Crippen molar-refractivity contribution < 1.29 is 9.72 Å². The van der Waals surface area contributed by atoms with Gasteiger partial charge in [-0.25, -0.2) is 4.68 Å². The maximum absolute atomic E-state index is 11.2. The average molecular weight is 269 g/mol. The van der Waals surface area contributed by atoms with Crippen LogP contribution in [0.5, 0.6) is 0 Å². The SMILES string of the molecule is CCn1nc(C)c([N+](=O)[O-])c1NCC(C)(C)C(N)=O. The molecule has 1 heterocycles. The number of anilines is 1. The second kappa shape index (κ2) is 5.25. The predicted molar refractivity (Wildman–Crippen MR) is 70.8 cm³/mol. The number of carbonyl (C=O) groups excluding carboxylic acids is 1. The minimum atomic E-state index is -0.801. The molecular formula is C11H19N5O3. The Kier molecular flexibility index (Phi) is 4.13. The smallest absolute Gasteiger partial charge is 0.333 e. The summed E-state index contributed by atoms with van der Waals surface area (Å²) >= 11 is 0. The van der Waals surface area contributed by atoms with E-state index in [1.807, 2.05) is 6.92 Å². The number of nitrogens with zero attached hydrogens (tertiary/aromatic N) is 3. The molecule has 0 radical (unpaired) electrons. The van der Waals surface area contributed by atoms with Gasteiger partial charge in [-0.15, -0.1) is 0 Å². The maximum atomic E-state index is 11.2. The molecule has 1 aromatic rings. The molecule has 3 N–H and O–H groups in total. The van der Waals surface area contributed by atoms with Crippen molar-refractivity contribution in [2.75, 3.05) is 11.9 Å². The lowest BCUT2D eigenvalue weighted by atomic mass is 9.93. The molecule has 0 aliphatic heterocycles. The molecule has 0 saturated heterocycles. The highest BCUT2D eigenvalue weighted by Gasteiger charge is 2.29. The summed E-state index contributed by atoms with van der Waals surface area (Å²) in [7, 11) is 0. The molecule has 106 valence electrons. The zero-order valence-electron chi connectivity index (χ0n) is 11.6. The Morgan fingerprint density at radius 1 is 1.58 bits per heavy atom. The van der Waals surface area contributed by atoms with Gasteiger partial charge in [-0.05, 0) is 27.7 Å². The van der Waals surface area contributed by atoms with Crippen LogP contribution < -0.4 is 11.1 Å². The molecule has 0 fully saturated rings. The molecule has 0 aromatic carbocycles. The summed E-state index contributed by atoms with van der Waals surface area (Å²) in [6.07, 6.45) is 0. The van der Waals surface area contributed by atoms with Gasteiger partial charge in [0.05, 0.1) is 10.3 Å². The molecule has 0 bridgehead atoms. The molecule has 19 heavy (non-hydrogen) atoms. The van der Waals surface area contributed by atoms with E-state index < -0.39 is 16.2 Å². The summed E-state index contributed by atoms with van der Waals surface area (Å²) < 4.78 is 1.50. The quantitative estimate of drug-likeness (QED) is 0.591. The summed E-state index contributed by atoms with van der Waals surface area (Å²) in [6, 6.07) is 0. The van der Waals surface area contributed by atoms with Crippen molar-refractivity contribution in [3.63, 3.8) is 0 Å². The minimum Gasteiger partial charge on any atom is -0.369 e. The van der Waals surface area contributed by atoms with Gasteiger partial charge in [0.25, 0.3) is 0 Å². The lowest BCUT2D eigenvalue weighted by molar-refractivity contribution is -0.384. The van der Waals surface area contributed by atoms with Crippen LogP contribution in [0.2, 0.25) is 0 Å². The van der Waals surface area contributed by atoms with Gasteiger partial charge in [-0.2, -0.15) is 5.10 Å².